The SMILES string of the molecule is O=C(CSc1nnc(SCc2ccccc2Cl)s1)NN=Cc1ccc([N+](=O)[O-])cc1. The number of amides is 1. The van der Waals surface area contributed by atoms with Crippen LogP contribution >= 0.6 is 46.5 Å². The number of aromatic nitrogens is 2. The van der Waals surface area contributed by atoms with Crippen LogP contribution in [0.15, 0.2) is 62.3 Å². The van der Waals surface area contributed by atoms with Gasteiger partial charge in [0, 0.05) is 22.9 Å². The van der Waals surface area contributed by atoms with Crippen molar-refractivity contribution in [3.05, 3.63) is 74.8 Å². The fraction of sp³-hybridized carbons (Fsp3) is 0.111. The van der Waals surface area contributed by atoms with Crippen LogP contribution in [-0.2, 0) is 10.5 Å². The Morgan fingerprint density at radius 3 is 2.57 bits per heavy atom. The lowest BCUT2D eigenvalue weighted by atomic mass is 10.2. The summed E-state index contributed by atoms with van der Waals surface area (Å²) in [5, 5.41) is 23.4. The van der Waals surface area contributed by atoms with Crippen molar-refractivity contribution in [2.45, 2.75) is 14.4 Å². The molecule has 2 aromatic carbocycles. The Morgan fingerprint density at radius 1 is 1.17 bits per heavy atom. The van der Waals surface area contributed by atoms with Crippen LogP contribution in [0.25, 0.3) is 0 Å². The summed E-state index contributed by atoms with van der Waals surface area (Å²) in [6, 6.07) is 13.5. The van der Waals surface area contributed by atoms with Gasteiger partial charge in [-0.1, -0.05) is 64.7 Å². The number of non-ortho nitro benzene ring substituents is 1. The minimum Gasteiger partial charge on any atom is -0.272 e. The van der Waals surface area contributed by atoms with Gasteiger partial charge < -0.3 is 0 Å². The van der Waals surface area contributed by atoms with Gasteiger partial charge in [-0.05, 0) is 29.3 Å². The number of carbonyl (C=O) groups excluding carboxylic acids is 1. The molecule has 0 aliphatic rings. The molecule has 3 rings (SSSR count). The Bertz CT molecular complexity index is 1060. The molecule has 1 heterocycles. The van der Waals surface area contributed by atoms with Crippen LogP contribution in [0.2, 0.25) is 5.02 Å². The van der Waals surface area contributed by atoms with Crippen LogP contribution in [0.1, 0.15) is 11.1 Å². The maximum absolute atomic E-state index is 11.9. The zero-order valence-corrected chi connectivity index (χ0v) is 18.4. The van der Waals surface area contributed by atoms with E-state index in [0.29, 0.717) is 15.7 Å². The fourth-order valence-corrected chi connectivity index (χ4v) is 5.19. The highest BCUT2D eigenvalue weighted by Gasteiger charge is 2.09. The molecule has 0 saturated heterocycles. The molecule has 30 heavy (non-hydrogen) atoms. The summed E-state index contributed by atoms with van der Waals surface area (Å²) in [6.45, 7) is 0. The lowest BCUT2D eigenvalue weighted by molar-refractivity contribution is -0.384. The van der Waals surface area contributed by atoms with Gasteiger partial charge in [-0.25, -0.2) is 5.43 Å². The molecule has 0 fully saturated rings. The molecule has 154 valence electrons. The highest BCUT2D eigenvalue weighted by molar-refractivity contribution is 8.03. The zero-order valence-electron chi connectivity index (χ0n) is 15.2. The minimum atomic E-state index is -0.478. The largest absolute Gasteiger partial charge is 0.272 e. The number of thioether (sulfide) groups is 2. The number of halogens is 1. The van der Waals surface area contributed by atoms with E-state index in [9.17, 15) is 14.9 Å². The fourth-order valence-electron chi connectivity index (χ4n) is 2.09. The summed E-state index contributed by atoms with van der Waals surface area (Å²) in [5.41, 5.74) is 4.07. The quantitative estimate of drug-likeness (QED) is 0.206. The summed E-state index contributed by atoms with van der Waals surface area (Å²) < 4.78 is 1.49. The van der Waals surface area contributed by atoms with Crippen LogP contribution < -0.4 is 5.43 Å². The van der Waals surface area contributed by atoms with Crippen molar-refractivity contribution in [2.75, 3.05) is 5.75 Å². The molecular formula is C18H14ClN5O3S3. The lowest BCUT2D eigenvalue weighted by Crippen LogP contribution is -2.19. The predicted molar refractivity (Wildman–Crippen MR) is 120 cm³/mol. The van der Waals surface area contributed by atoms with Crippen molar-refractivity contribution in [2.24, 2.45) is 5.10 Å². The molecule has 1 aromatic heterocycles. The smallest absolute Gasteiger partial charge is 0.269 e. The van der Waals surface area contributed by atoms with Gasteiger partial charge in [0.25, 0.3) is 11.6 Å². The van der Waals surface area contributed by atoms with Crippen LogP contribution in [0.5, 0.6) is 0 Å². The number of nitro benzene ring substituents is 1. The average Bonchev–Trinajstić information content (AvgIpc) is 3.20. The van der Waals surface area contributed by atoms with Gasteiger partial charge in [0.1, 0.15) is 0 Å². The highest BCUT2D eigenvalue weighted by Crippen LogP contribution is 2.32. The van der Waals surface area contributed by atoms with Crippen molar-refractivity contribution in [1.29, 1.82) is 0 Å². The standard InChI is InChI=1S/C18H14ClN5O3S3/c19-15-4-2-1-3-13(15)10-28-17-22-23-18(30-17)29-11-16(25)21-20-9-12-5-7-14(8-6-12)24(26)27/h1-9H,10-11H2,(H,21,25). The van der Waals surface area contributed by atoms with Crippen molar-refractivity contribution in [3.63, 3.8) is 0 Å². The van der Waals surface area contributed by atoms with E-state index in [1.165, 1.54) is 53.2 Å². The number of nitrogens with zero attached hydrogens (tertiary/aromatic N) is 4. The van der Waals surface area contributed by atoms with E-state index >= 15 is 0 Å². The maximum atomic E-state index is 11.9. The first-order chi connectivity index (χ1) is 14.5. The molecule has 1 N–H and O–H groups in total. The molecule has 0 saturated carbocycles. The van der Waals surface area contributed by atoms with E-state index in [1.54, 1.807) is 12.1 Å². The van der Waals surface area contributed by atoms with Crippen molar-refractivity contribution in [3.8, 4) is 0 Å². The Balaban J connectivity index is 1.41. The third kappa shape index (κ3) is 6.80. The molecule has 1 amide bonds. The van der Waals surface area contributed by atoms with E-state index in [1.807, 2.05) is 24.3 Å². The Hall–Kier alpha value is -2.47. The van der Waals surface area contributed by atoms with Crippen LogP contribution in [0.4, 0.5) is 5.69 Å². The van der Waals surface area contributed by atoms with Gasteiger partial charge in [0.2, 0.25) is 0 Å². The predicted octanol–water partition coefficient (Wildman–Crippen LogP) is 4.63. The Kier molecular flexibility index (Phi) is 8.20. The molecule has 0 aliphatic carbocycles. The number of hydrogen-bond acceptors (Lipinski definition) is 9. The molecule has 0 bridgehead atoms. The third-order valence-electron chi connectivity index (χ3n) is 3.53. The van der Waals surface area contributed by atoms with Crippen molar-refractivity contribution in [1.82, 2.24) is 15.6 Å². The number of hydrazone groups is 1. The molecule has 12 heteroatoms. The second kappa shape index (κ2) is 11.1. The van der Waals surface area contributed by atoms with Crippen LogP contribution in [0.3, 0.4) is 0 Å². The van der Waals surface area contributed by atoms with Gasteiger partial charge in [0.15, 0.2) is 8.68 Å². The average molecular weight is 480 g/mol. The summed E-state index contributed by atoms with van der Waals surface area (Å²) >= 11 is 10.4. The number of benzene rings is 2. The molecule has 0 unspecified atom stereocenters. The second-order valence-corrected chi connectivity index (χ2v) is 9.47. The summed E-state index contributed by atoms with van der Waals surface area (Å²) in [4.78, 5) is 22.0. The number of nitrogens with one attached hydrogen (secondary N) is 1. The van der Waals surface area contributed by atoms with Crippen molar-refractivity contribution >= 4 is 64.3 Å². The Labute approximate surface area is 189 Å². The first-order valence-corrected chi connectivity index (χ1v) is 11.6. The van der Waals surface area contributed by atoms with E-state index in [-0.39, 0.29) is 17.3 Å². The van der Waals surface area contributed by atoms with Gasteiger partial charge >= 0.3 is 0 Å². The minimum absolute atomic E-state index is 0.00552. The summed E-state index contributed by atoms with van der Waals surface area (Å²) in [5.74, 6) is 0.539. The van der Waals surface area contributed by atoms with E-state index in [4.69, 9.17) is 11.6 Å². The molecular weight excluding hydrogens is 466 g/mol. The van der Waals surface area contributed by atoms with Crippen molar-refractivity contribution < 1.29 is 9.72 Å². The van der Waals surface area contributed by atoms with E-state index < -0.39 is 4.92 Å². The number of carbonyl (C=O) groups is 1. The van der Waals surface area contributed by atoms with E-state index in [2.05, 4.69) is 20.7 Å². The summed E-state index contributed by atoms with van der Waals surface area (Å²) in [7, 11) is 0. The molecule has 0 atom stereocenters. The van der Waals surface area contributed by atoms with Crippen LogP contribution in [0, 0.1) is 10.1 Å². The summed E-state index contributed by atoms with van der Waals surface area (Å²) in [6.07, 6.45) is 1.42. The van der Waals surface area contributed by atoms with Gasteiger partial charge in [-0.3, -0.25) is 14.9 Å². The second-order valence-electron chi connectivity index (χ2n) is 5.64. The zero-order chi connectivity index (χ0) is 21.3. The van der Waals surface area contributed by atoms with E-state index in [0.717, 1.165) is 14.9 Å². The topological polar surface area (TPSA) is 110 Å². The Morgan fingerprint density at radius 2 is 1.87 bits per heavy atom. The third-order valence-corrected chi connectivity index (χ3v) is 7.14. The molecule has 0 radical (unpaired) electrons. The highest BCUT2D eigenvalue weighted by atomic mass is 35.5. The first kappa shape index (κ1) is 22.2. The van der Waals surface area contributed by atoms with Crippen LogP contribution in [-0.4, -0.2) is 33.0 Å². The van der Waals surface area contributed by atoms with Gasteiger partial charge in [-0.15, -0.1) is 10.2 Å². The maximum Gasteiger partial charge on any atom is 0.269 e. The first-order valence-electron chi connectivity index (χ1n) is 8.40. The monoisotopic (exact) mass is 479 g/mol. The number of nitro groups is 1. The molecule has 8 nitrogen and oxygen atoms in total. The molecule has 0 aliphatic heterocycles. The number of hydrogen-bond donors (Lipinski definition) is 1. The normalized spacial score (nSPS) is 11.0. The van der Waals surface area contributed by atoms with Gasteiger partial charge in [-0.2, -0.15) is 5.10 Å². The van der Waals surface area contributed by atoms with Gasteiger partial charge in [0.05, 0.1) is 16.9 Å². The lowest BCUT2D eigenvalue weighted by Gasteiger charge is -2.00. The molecule has 0 spiro atoms. The number of rotatable bonds is 9. The molecule has 3 aromatic rings.